The van der Waals surface area contributed by atoms with Crippen LogP contribution >= 0.6 is 0 Å². The highest BCUT2D eigenvalue weighted by Gasteiger charge is 2.10. The van der Waals surface area contributed by atoms with Crippen molar-refractivity contribution >= 4 is 5.91 Å². The molecule has 1 N–H and O–H groups in total. The first-order chi connectivity index (χ1) is 8.42. The van der Waals surface area contributed by atoms with Crippen molar-refractivity contribution in [3.05, 3.63) is 29.8 Å². The molecule has 0 atom stereocenters. The van der Waals surface area contributed by atoms with Crippen molar-refractivity contribution in [2.24, 2.45) is 5.41 Å². The molecule has 0 aromatic heterocycles. The van der Waals surface area contributed by atoms with Gasteiger partial charge in [-0.05, 0) is 36.5 Å². The molecule has 0 bridgehead atoms. The molecular weight excluding hydrogens is 226 g/mol. The number of ether oxygens (including phenoxy) is 1. The fourth-order valence-electron chi connectivity index (χ4n) is 1.69. The van der Waals surface area contributed by atoms with Crippen LogP contribution in [-0.4, -0.2) is 19.6 Å². The summed E-state index contributed by atoms with van der Waals surface area (Å²) in [4.78, 5) is 11.9. The number of methoxy groups -OCH3 is 1. The SMILES string of the molecule is COc1cccc(C(=O)NCCCC(C)(C)C)c1. The number of carbonyl (C=O) groups is 1. The standard InChI is InChI=1S/C15H23NO2/c1-15(2,3)9-6-10-16-14(17)12-7-5-8-13(11-12)18-4/h5,7-8,11H,6,9-10H2,1-4H3,(H,16,17). The fourth-order valence-corrected chi connectivity index (χ4v) is 1.69. The van der Waals surface area contributed by atoms with Gasteiger partial charge in [0.05, 0.1) is 7.11 Å². The Balaban J connectivity index is 2.41. The average molecular weight is 249 g/mol. The molecule has 100 valence electrons. The Hall–Kier alpha value is -1.51. The monoisotopic (exact) mass is 249 g/mol. The summed E-state index contributed by atoms with van der Waals surface area (Å²) in [6.45, 7) is 7.33. The number of hydrogen-bond acceptors (Lipinski definition) is 2. The smallest absolute Gasteiger partial charge is 0.251 e. The Kier molecular flexibility index (Phi) is 5.20. The third-order valence-corrected chi connectivity index (χ3v) is 2.72. The van der Waals surface area contributed by atoms with Gasteiger partial charge in [0.2, 0.25) is 0 Å². The van der Waals surface area contributed by atoms with Crippen LogP contribution in [0.1, 0.15) is 44.0 Å². The molecule has 0 fully saturated rings. The van der Waals surface area contributed by atoms with E-state index in [1.54, 1.807) is 19.2 Å². The summed E-state index contributed by atoms with van der Waals surface area (Å²) in [6, 6.07) is 7.19. The van der Waals surface area contributed by atoms with Crippen LogP contribution in [0.25, 0.3) is 0 Å². The van der Waals surface area contributed by atoms with Crippen molar-refractivity contribution in [1.29, 1.82) is 0 Å². The van der Waals surface area contributed by atoms with Crippen LogP contribution in [0.4, 0.5) is 0 Å². The van der Waals surface area contributed by atoms with Gasteiger partial charge < -0.3 is 10.1 Å². The van der Waals surface area contributed by atoms with Crippen LogP contribution in [0.2, 0.25) is 0 Å². The molecular formula is C15H23NO2. The molecule has 0 aliphatic heterocycles. The number of carbonyl (C=O) groups excluding carboxylic acids is 1. The zero-order valence-electron chi connectivity index (χ0n) is 11.7. The lowest BCUT2D eigenvalue weighted by atomic mass is 9.91. The normalized spacial score (nSPS) is 11.1. The molecule has 0 radical (unpaired) electrons. The number of benzene rings is 1. The van der Waals surface area contributed by atoms with Crippen LogP contribution in [0.5, 0.6) is 5.75 Å². The third kappa shape index (κ3) is 5.21. The van der Waals surface area contributed by atoms with Crippen LogP contribution in [0, 0.1) is 5.41 Å². The molecule has 1 rings (SSSR count). The minimum absolute atomic E-state index is 0.0391. The molecule has 1 amide bonds. The van der Waals surface area contributed by atoms with Gasteiger partial charge in [-0.15, -0.1) is 0 Å². The number of nitrogens with one attached hydrogen (secondary N) is 1. The largest absolute Gasteiger partial charge is 0.497 e. The molecule has 18 heavy (non-hydrogen) atoms. The highest BCUT2D eigenvalue weighted by atomic mass is 16.5. The van der Waals surface area contributed by atoms with Gasteiger partial charge in [0.1, 0.15) is 5.75 Å². The zero-order chi connectivity index (χ0) is 13.6. The van der Waals surface area contributed by atoms with E-state index in [4.69, 9.17) is 4.74 Å². The maximum absolute atomic E-state index is 11.9. The summed E-state index contributed by atoms with van der Waals surface area (Å²) in [5.74, 6) is 0.667. The first kappa shape index (κ1) is 14.6. The Bertz CT molecular complexity index is 394. The maximum Gasteiger partial charge on any atom is 0.251 e. The number of amides is 1. The third-order valence-electron chi connectivity index (χ3n) is 2.72. The van der Waals surface area contributed by atoms with Gasteiger partial charge in [0, 0.05) is 12.1 Å². The summed E-state index contributed by atoms with van der Waals surface area (Å²) in [5, 5.41) is 2.93. The molecule has 0 aliphatic carbocycles. The summed E-state index contributed by atoms with van der Waals surface area (Å²) >= 11 is 0. The highest BCUT2D eigenvalue weighted by Crippen LogP contribution is 2.19. The van der Waals surface area contributed by atoms with Crippen molar-refractivity contribution in [2.75, 3.05) is 13.7 Å². The molecule has 0 aliphatic rings. The second-order valence-electron chi connectivity index (χ2n) is 5.65. The number of rotatable bonds is 5. The van der Waals surface area contributed by atoms with E-state index < -0.39 is 0 Å². The van der Waals surface area contributed by atoms with E-state index >= 15 is 0 Å². The quantitative estimate of drug-likeness (QED) is 0.813. The van der Waals surface area contributed by atoms with E-state index in [-0.39, 0.29) is 5.91 Å². The lowest BCUT2D eigenvalue weighted by Crippen LogP contribution is -2.25. The fraction of sp³-hybridized carbons (Fsp3) is 0.533. The lowest BCUT2D eigenvalue weighted by Gasteiger charge is -2.17. The van der Waals surface area contributed by atoms with Crippen LogP contribution in [0.3, 0.4) is 0 Å². The average Bonchev–Trinajstić information content (AvgIpc) is 2.33. The predicted molar refractivity (Wildman–Crippen MR) is 74.0 cm³/mol. The van der Waals surface area contributed by atoms with E-state index in [0.717, 1.165) is 12.8 Å². The molecule has 3 heteroatoms. The topological polar surface area (TPSA) is 38.3 Å². The molecule has 0 saturated carbocycles. The van der Waals surface area contributed by atoms with Crippen molar-refractivity contribution < 1.29 is 9.53 Å². The van der Waals surface area contributed by atoms with Crippen molar-refractivity contribution in [3.8, 4) is 5.75 Å². The van der Waals surface area contributed by atoms with Crippen molar-refractivity contribution in [2.45, 2.75) is 33.6 Å². The van der Waals surface area contributed by atoms with Gasteiger partial charge in [0.25, 0.3) is 5.91 Å². The van der Waals surface area contributed by atoms with E-state index in [9.17, 15) is 4.79 Å². The predicted octanol–water partition coefficient (Wildman–Crippen LogP) is 3.25. The highest BCUT2D eigenvalue weighted by molar-refractivity contribution is 5.94. The Morgan fingerprint density at radius 1 is 1.33 bits per heavy atom. The van der Waals surface area contributed by atoms with Gasteiger partial charge in [0.15, 0.2) is 0 Å². The van der Waals surface area contributed by atoms with Gasteiger partial charge >= 0.3 is 0 Å². The van der Waals surface area contributed by atoms with Crippen LogP contribution in [0.15, 0.2) is 24.3 Å². The van der Waals surface area contributed by atoms with Crippen molar-refractivity contribution in [1.82, 2.24) is 5.32 Å². The second-order valence-corrected chi connectivity index (χ2v) is 5.65. The molecule has 3 nitrogen and oxygen atoms in total. The van der Waals surface area contributed by atoms with Gasteiger partial charge in [-0.1, -0.05) is 26.8 Å². The van der Waals surface area contributed by atoms with E-state index in [0.29, 0.717) is 23.3 Å². The molecule has 0 saturated heterocycles. The molecule has 0 spiro atoms. The number of hydrogen-bond donors (Lipinski definition) is 1. The minimum Gasteiger partial charge on any atom is -0.497 e. The zero-order valence-corrected chi connectivity index (χ0v) is 11.7. The molecule has 1 aromatic carbocycles. The van der Waals surface area contributed by atoms with E-state index in [1.165, 1.54) is 0 Å². The molecule has 0 unspecified atom stereocenters. The molecule has 0 heterocycles. The van der Waals surface area contributed by atoms with Gasteiger partial charge in [-0.3, -0.25) is 4.79 Å². The summed E-state index contributed by atoms with van der Waals surface area (Å²) in [7, 11) is 1.60. The summed E-state index contributed by atoms with van der Waals surface area (Å²) in [5.41, 5.74) is 0.964. The summed E-state index contributed by atoms with van der Waals surface area (Å²) in [6.07, 6.45) is 2.10. The van der Waals surface area contributed by atoms with Gasteiger partial charge in [-0.25, -0.2) is 0 Å². The molecule has 1 aromatic rings. The maximum atomic E-state index is 11.9. The lowest BCUT2D eigenvalue weighted by molar-refractivity contribution is 0.0951. The Morgan fingerprint density at radius 2 is 2.06 bits per heavy atom. The minimum atomic E-state index is -0.0391. The van der Waals surface area contributed by atoms with E-state index in [1.807, 2.05) is 12.1 Å². The summed E-state index contributed by atoms with van der Waals surface area (Å²) < 4.78 is 5.10. The van der Waals surface area contributed by atoms with Gasteiger partial charge in [-0.2, -0.15) is 0 Å². The van der Waals surface area contributed by atoms with Crippen molar-refractivity contribution in [3.63, 3.8) is 0 Å². The Labute approximate surface area is 110 Å². The first-order valence-electron chi connectivity index (χ1n) is 6.34. The second kappa shape index (κ2) is 6.43. The Morgan fingerprint density at radius 3 is 2.67 bits per heavy atom. The van der Waals surface area contributed by atoms with E-state index in [2.05, 4.69) is 26.1 Å². The van der Waals surface area contributed by atoms with Crippen LogP contribution < -0.4 is 10.1 Å². The first-order valence-corrected chi connectivity index (χ1v) is 6.34. The van der Waals surface area contributed by atoms with Crippen LogP contribution in [-0.2, 0) is 0 Å².